The van der Waals surface area contributed by atoms with E-state index >= 15 is 0 Å². The number of aliphatic hydroxyl groups is 1. The van der Waals surface area contributed by atoms with Crippen LogP contribution in [0.4, 0.5) is 10.1 Å². The Morgan fingerprint density at radius 3 is 2.85 bits per heavy atom. The van der Waals surface area contributed by atoms with E-state index < -0.39 is 11.7 Å². The molecule has 0 aliphatic carbocycles. The average Bonchev–Trinajstić information content (AvgIpc) is 3.28. The summed E-state index contributed by atoms with van der Waals surface area (Å²) in [6.45, 7) is -0.169. The molecule has 7 heteroatoms. The lowest BCUT2D eigenvalue weighted by molar-refractivity contribution is 0.102. The number of rotatable bonds is 4. The smallest absolute Gasteiger partial charge is 0.275 e. The van der Waals surface area contributed by atoms with Gasteiger partial charge in [-0.05, 0) is 42.5 Å². The van der Waals surface area contributed by atoms with Gasteiger partial charge in [-0.3, -0.25) is 4.79 Å². The van der Waals surface area contributed by atoms with Crippen LogP contribution < -0.4 is 5.32 Å². The van der Waals surface area contributed by atoms with Gasteiger partial charge in [0.2, 0.25) is 0 Å². The summed E-state index contributed by atoms with van der Waals surface area (Å²) in [6, 6.07) is 12.7. The van der Waals surface area contributed by atoms with Crippen molar-refractivity contribution in [2.24, 2.45) is 0 Å². The summed E-state index contributed by atoms with van der Waals surface area (Å²) in [5.41, 5.74) is 1.94. The number of pyridine rings is 1. The van der Waals surface area contributed by atoms with E-state index in [0.717, 1.165) is 5.56 Å². The number of fused-ring (bicyclic) bond motifs is 1. The van der Waals surface area contributed by atoms with Crippen LogP contribution in [-0.4, -0.2) is 20.4 Å². The van der Waals surface area contributed by atoms with Crippen molar-refractivity contribution in [2.75, 3.05) is 5.32 Å². The van der Waals surface area contributed by atoms with Crippen molar-refractivity contribution < 1.29 is 18.7 Å². The maximum Gasteiger partial charge on any atom is 0.275 e. The Bertz CT molecular complexity index is 1100. The molecule has 2 N–H and O–H groups in total. The second kappa shape index (κ2) is 6.45. The molecule has 3 aromatic heterocycles. The maximum absolute atomic E-state index is 13.2. The Hall–Kier alpha value is -3.45. The highest BCUT2D eigenvalue weighted by molar-refractivity contribution is 6.03. The number of aromatic nitrogens is 2. The van der Waals surface area contributed by atoms with Gasteiger partial charge in [0.1, 0.15) is 35.3 Å². The van der Waals surface area contributed by atoms with E-state index in [9.17, 15) is 9.18 Å². The zero-order valence-electron chi connectivity index (χ0n) is 13.5. The van der Waals surface area contributed by atoms with Crippen molar-refractivity contribution in [3.05, 3.63) is 78.2 Å². The molecule has 1 aromatic carbocycles. The second-order valence-corrected chi connectivity index (χ2v) is 5.70. The summed E-state index contributed by atoms with van der Waals surface area (Å²) in [7, 11) is 0. The molecule has 1 amide bonds. The molecule has 0 spiro atoms. The minimum Gasteiger partial charge on any atom is -0.459 e. The van der Waals surface area contributed by atoms with Gasteiger partial charge in [0.25, 0.3) is 5.91 Å². The number of carbonyl (C=O) groups excluding carboxylic acids is 1. The highest BCUT2D eigenvalue weighted by Gasteiger charge is 2.13. The molecule has 0 unspecified atom stereocenters. The summed E-state index contributed by atoms with van der Waals surface area (Å²) < 4.78 is 20.4. The number of hydrogen-bond acceptors (Lipinski definition) is 4. The minimum atomic E-state index is -0.429. The van der Waals surface area contributed by atoms with Crippen LogP contribution >= 0.6 is 0 Å². The fourth-order valence-electron chi connectivity index (χ4n) is 2.63. The van der Waals surface area contributed by atoms with Gasteiger partial charge < -0.3 is 19.2 Å². The molecule has 0 aliphatic rings. The highest BCUT2D eigenvalue weighted by atomic mass is 19.1. The Balaban J connectivity index is 1.61. The normalized spacial score (nSPS) is 11.0. The van der Waals surface area contributed by atoms with Crippen LogP contribution in [0.25, 0.3) is 17.0 Å². The topological polar surface area (TPSA) is 79.8 Å². The molecule has 0 aliphatic heterocycles. The molecule has 3 heterocycles. The number of nitrogens with zero attached hydrogens (tertiary/aromatic N) is 2. The fraction of sp³-hybridized carbons (Fsp3) is 0.0526. The van der Waals surface area contributed by atoms with Crippen LogP contribution in [0.5, 0.6) is 0 Å². The number of hydrogen-bond donors (Lipinski definition) is 2. The Morgan fingerprint density at radius 1 is 1.19 bits per heavy atom. The zero-order chi connectivity index (χ0) is 18.1. The lowest BCUT2D eigenvalue weighted by atomic mass is 10.2. The van der Waals surface area contributed by atoms with Crippen LogP contribution in [0.1, 0.15) is 16.2 Å². The van der Waals surface area contributed by atoms with Crippen LogP contribution in [0, 0.1) is 5.82 Å². The van der Waals surface area contributed by atoms with Crippen molar-refractivity contribution in [3.8, 4) is 11.3 Å². The van der Waals surface area contributed by atoms with Crippen LogP contribution in [0.2, 0.25) is 0 Å². The average molecular weight is 351 g/mol. The first kappa shape index (κ1) is 16.0. The van der Waals surface area contributed by atoms with Gasteiger partial charge in [0.05, 0.1) is 0 Å². The first-order valence-corrected chi connectivity index (χ1v) is 7.88. The highest BCUT2D eigenvalue weighted by Crippen LogP contribution is 2.23. The van der Waals surface area contributed by atoms with Gasteiger partial charge in [0, 0.05) is 23.6 Å². The van der Waals surface area contributed by atoms with E-state index in [2.05, 4.69) is 10.3 Å². The number of furan rings is 1. The number of benzene rings is 1. The third-order valence-electron chi connectivity index (χ3n) is 3.87. The molecular formula is C19H14FN3O3. The molecule has 130 valence electrons. The SMILES string of the molecule is O=C(Nc1cccc(F)c1)c1cn2cc(-c3ccc(CO)o3)ccc2n1. The molecule has 26 heavy (non-hydrogen) atoms. The minimum absolute atomic E-state index is 0.169. The zero-order valence-corrected chi connectivity index (χ0v) is 13.5. The predicted octanol–water partition coefficient (Wildman–Crippen LogP) is 3.48. The molecule has 0 atom stereocenters. The van der Waals surface area contributed by atoms with Crippen molar-refractivity contribution in [1.29, 1.82) is 0 Å². The van der Waals surface area contributed by atoms with Crippen molar-refractivity contribution in [2.45, 2.75) is 6.61 Å². The summed E-state index contributed by atoms with van der Waals surface area (Å²) in [4.78, 5) is 16.6. The van der Waals surface area contributed by atoms with E-state index in [4.69, 9.17) is 9.52 Å². The van der Waals surface area contributed by atoms with E-state index in [0.29, 0.717) is 22.9 Å². The van der Waals surface area contributed by atoms with Gasteiger partial charge in [-0.25, -0.2) is 9.37 Å². The van der Waals surface area contributed by atoms with Crippen molar-refractivity contribution in [3.63, 3.8) is 0 Å². The number of halogens is 1. The Morgan fingerprint density at radius 2 is 2.08 bits per heavy atom. The molecule has 0 radical (unpaired) electrons. The summed E-state index contributed by atoms with van der Waals surface area (Å²) in [6.07, 6.45) is 3.37. The first-order valence-electron chi connectivity index (χ1n) is 7.88. The number of imidazole rings is 1. The monoisotopic (exact) mass is 351 g/mol. The number of aliphatic hydroxyl groups excluding tert-OH is 1. The Kier molecular flexibility index (Phi) is 3.98. The maximum atomic E-state index is 13.2. The number of amides is 1. The largest absolute Gasteiger partial charge is 0.459 e. The first-order chi connectivity index (χ1) is 12.6. The van der Waals surface area contributed by atoms with Crippen molar-refractivity contribution >= 4 is 17.2 Å². The molecule has 0 saturated carbocycles. The molecule has 0 fully saturated rings. The van der Waals surface area contributed by atoms with E-state index in [-0.39, 0.29) is 12.3 Å². The van der Waals surface area contributed by atoms with Gasteiger partial charge in [-0.2, -0.15) is 0 Å². The van der Waals surface area contributed by atoms with Crippen LogP contribution in [0.3, 0.4) is 0 Å². The van der Waals surface area contributed by atoms with Gasteiger partial charge in [0.15, 0.2) is 0 Å². The number of nitrogens with one attached hydrogen (secondary N) is 1. The van der Waals surface area contributed by atoms with Gasteiger partial charge in [-0.15, -0.1) is 0 Å². The predicted molar refractivity (Wildman–Crippen MR) is 93.2 cm³/mol. The molecule has 4 aromatic rings. The lowest BCUT2D eigenvalue weighted by Gasteiger charge is -2.02. The second-order valence-electron chi connectivity index (χ2n) is 5.70. The molecule has 0 bridgehead atoms. The Labute approximate surface area is 147 Å². The molecular weight excluding hydrogens is 337 g/mol. The number of carbonyl (C=O) groups is 1. The summed E-state index contributed by atoms with van der Waals surface area (Å²) in [5, 5.41) is 11.7. The van der Waals surface area contributed by atoms with E-state index in [1.807, 2.05) is 6.07 Å². The summed E-state index contributed by atoms with van der Waals surface area (Å²) >= 11 is 0. The van der Waals surface area contributed by atoms with Crippen LogP contribution in [0.15, 0.2) is 65.3 Å². The lowest BCUT2D eigenvalue weighted by Crippen LogP contribution is -2.12. The quantitative estimate of drug-likeness (QED) is 0.590. The summed E-state index contributed by atoms with van der Waals surface area (Å²) in [5.74, 6) is 0.223. The van der Waals surface area contributed by atoms with E-state index in [1.54, 1.807) is 41.1 Å². The standard InChI is InChI=1S/C19H14FN3O3/c20-13-2-1-3-14(8-13)21-19(25)16-10-23-9-12(4-7-18(23)22-16)17-6-5-15(11-24)26-17/h1-10,24H,11H2,(H,21,25). The van der Waals surface area contributed by atoms with Gasteiger partial charge in [-0.1, -0.05) is 6.07 Å². The van der Waals surface area contributed by atoms with Crippen LogP contribution in [-0.2, 0) is 6.61 Å². The molecule has 0 saturated heterocycles. The third-order valence-corrected chi connectivity index (χ3v) is 3.87. The number of anilines is 1. The molecule has 6 nitrogen and oxygen atoms in total. The van der Waals surface area contributed by atoms with E-state index in [1.165, 1.54) is 18.2 Å². The van der Waals surface area contributed by atoms with Crippen molar-refractivity contribution in [1.82, 2.24) is 9.38 Å². The molecule has 4 rings (SSSR count). The van der Waals surface area contributed by atoms with Gasteiger partial charge >= 0.3 is 0 Å². The third kappa shape index (κ3) is 3.07. The fourth-order valence-corrected chi connectivity index (χ4v) is 2.63.